The average molecular weight is 198 g/mol. The van der Waals surface area contributed by atoms with Gasteiger partial charge < -0.3 is 5.11 Å². The van der Waals surface area contributed by atoms with E-state index in [9.17, 15) is 5.11 Å². The summed E-state index contributed by atoms with van der Waals surface area (Å²) in [4.78, 5) is 0. The highest BCUT2D eigenvalue weighted by Gasteiger charge is 2.05. The normalized spacial score (nSPS) is 14.1. The minimum absolute atomic E-state index is 0.165. The molecular formula is C13H26O. The fraction of sp³-hybridized carbons (Fsp3) is 0.846. The van der Waals surface area contributed by atoms with Gasteiger partial charge in [0.05, 0.1) is 6.10 Å². The van der Waals surface area contributed by atoms with Crippen molar-refractivity contribution in [2.45, 2.75) is 65.4 Å². The zero-order chi connectivity index (χ0) is 10.8. The highest BCUT2D eigenvalue weighted by atomic mass is 16.3. The largest absolute Gasteiger partial charge is 0.393 e. The molecule has 0 aliphatic carbocycles. The molecule has 1 atom stereocenters. The second-order valence-corrected chi connectivity index (χ2v) is 4.37. The Balaban J connectivity index is 3.27. The first-order valence-corrected chi connectivity index (χ1v) is 6.01. The average Bonchev–Trinajstić information content (AvgIpc) is 2.16. The first-order valence-electron chi connectivity index (χ1n) is 6.01. The Morgan fingerprint density at radius 2 is 1.79 bits per heavy atom. The van der Waals surface area contributed by atoms with Gasteiger partial charge in [-0.15, -0.1) is 0 Å². The van der Waals surface area contributed by atoms with Crippen LogP contribution in [0.25, 0.3) is 0 Å². The molecule has 0 aliphatic heterocycles. The summed E-state index contributed by atoms with van der Waals surface area (Å²) in [6, 6.07) is 0. The SMILES string of the molecule is CCCCCC/C=C\CC(O)C(C)C. The summed E-state index contributed by atoms with van der Waals surface area (Å²) < 4.78 is 0. The molecule has 0 aromatic rings. The van der Waals surface area contributed by atoms with Crippen molar-refractivity contribution >= 4 is 0 Å². The number of aliphatic hydroxyl groups is 1. The minimum atomic E-state index is -0.165. The highest BCUT2D eigenvalue weighted by molar-refractivity contribution is 4.84. The Bertz CT molecular complexity index is 138. The van der Waals surface area contributed by atoms with Crippen LogP contribution in [0, 0.1) is 5.92 Å². The van der Waals surface area contributed by atoms with Crippen molar-refractivity contribution < 1.29 is 5.11 Å². The summed E-state index contributed by atoms with van der Waals surface area (Å²) >= 11 is 0. The van der Waals surface area contributed by atoms with Crippen molar-refractivity contribution in [3.8, 4) is 0 Å². The molecule has 0 aromatic carbocycles. The van der Waals surface area contributed by atoms with Crippen molar-refractivity contribution in [2.75, 3.05) is 0 Å². The van der Waals surface area contributed by atoms with E-state index in [2.05, 4.69) is 32.9 Å². The van der Waals surface area contributed by atoms with Crippen LogP contribution in [0.15, 0.2) is 12.2 Å². The van der Waals surface area contributed by atoms with Gasteiger partial charge in [-0.25, -0.2) is 0 Å². The molecule has 0 saturated heterocycles. The van der Waals surface area contributed by atoms with E-state index in [1.54, 1.807) is 0 Å². The third kappa shape index (κ3) is 8.31. The van der Waals surface area contributed by atoms with Gasteiger partial charge in [0.1, 0.15) is 0 Å². The third-order valence-electron chi connectivity index (χ3n) is 2.54. The lowest BCUT2D eigenvalue weighted by Crippen LogP contribution is -2.12. The van der Waals surface area contributed by atoms with Crippen molar-refractivity contribution in [3.05, 3.63) is 12.2 Å². The summed E-state index contributed by atoms with van der Waals surface area (Å²) in [5.74, 6) is 0.375. The van der Waals surface area contributed by atoms with Gasteiger partial charge in [-0.05, 0) is 25.2 Å². The Morgan fingerprint density at radius 1 is 1.07 bits per heavy atom. The van der Waals surface area contributed by atoms with Gasteiger partial charge in [0.25, 0.3) is 0 Å². The van der Waals surface area contributed by atoms with E-state index >= 15 is 0 Å². The second kappa shape index (κ2) is 9.26. The molecule has 0 spiro atoms. The lowest BCUT2D eigenvalue weighted by atomic mass is 10.0. The minimum Gasteiger partial charge on any atom is -0.393 e. The zero-order valence-electron chi connectivity index (χ0n) is 10.00. The summed E-state index contributed by atoms with van der Waals surface area (Å²) in [5.41, 5.74) is 0. The van der Waals surface area contributed by atoms with Gasteiger partial charge in [0, 0.05) is 0 Å². The molecule has 0 aromatic heterocycles. The molecule has 1 heteroatoms. The van der Waals surface area contributed by atoms with Gasteiger partial charge >= 0.3 is 0 Å². The van der Waals surface area contributed by atoms with Crippen molar-refractivity contribution in [2.24, 2.45) is 5.92 Å². The summed E-state index contributed by atoms with van der Waals surface area (Å²) in [6.45, 7) is 6.34. The van der Waals surface area contributed by atoms with Crippen LogP contribution in [-0.4, -0.2) is 11.2 Å². The molecule has 0 heterocycles. The third-order valence-corrected chi connectivity index (χ3v) is 2.54. The molecule has 0 radical (unpaired) electrons. The van der Waals surface area contributed by atoms with E-state index in [4.69, 9.17) is 0 Å². The fourth-order valence-electron chi connectivity index (χ4n) is 1.31. The van der Waals surface area contributed by atoms with Crippen LogP contribution >= 0.6 is 0 Å². The molecule has 0 saturated carbocycles. The standard InChI is InChI=1S/C13H26O/c1-4-5-6-7-8-9-10-11-13(14)12(2)3/h9-10,12-14H,4-8,11H2,1-3H3/b10-9-. The highest BCUT2D eigenvalue weighted by Crippen LogP contribution is 2.07. The molecule has 0 rings (SSSR count). The van der Waals surface area contributed by atoms with Gasteiger partial charge in [-0.3, -0.25) is 0 Å². The van der Waals surface area contributed by atoms with Crippen molar-refractivity contribution in [1.29, 1.82) is 0 Å². The second-order valence-electron chi connectivity index (χ2n) is 4.37. The number of unbranched alkanes of at least 4 members (excludes halogenated alkanes) is 4. The predicted octanol–water partition coefficient (Wildman–Crippen LogP) is 3.92. The first-order chi connectivity index (χ1) is 6.68. The maximum Gasteiger partial charge on any atom is 0.0597 e. The van der Waals surface area contributed by atoms with Crippen LogP contribution in [0.1, 0.15) is 59.3 Å². The number of hydrogen-bond donors (Lipinski definition) is 1. The summed E-state index contributed by atoms with van der Waals surface area (Å²) in [5, 5.41) is 9.52. The van der Waals surface area contributed by atoms with Gasteiger partial charge in [-0.1, -0.05) is 52.2 Å². The number of hydrogen-bond acceptors (Lipinski definition) is 1. The molecule has 1 nitrogen and oxygen atoms in total. The Morgan fingerprint density at radius 3 is 2.36 bits per heavy atom. The van der Waals surface area contributed by atoms with Crippen LogP contribution in [0.4, 0.5) is 0 Å². The monoisotopic (exact) mass is 198 g/mol. The van der Waals surface area contributed by atoms with Crippen LogP contribution in [-0.2, 0) is 0 Å². The van der Waals surface area contributed by atoms with Crippen LogP contribution in [0.5, 0.6) is 0 Å². The maximum atomic E-state index is 9.52. The van der Waals surface area contributed by atoms with E-state index in [1.165, 1.54) is 32.1 Å². The molecule has 14 heavy (non-hydrogen) atoms. The topological polar surface area (TPSA) is 20.2 Å². The van der Waals surface area contributed by atoms with Gasteiger partial charge in [0.15, 0.2) is 0 Å². The smallest absolute Gasteiger partial charge is 0.0597 e. The van der Waals surface area contributed by atoms with Crippen LogP contribution in [0.3, 0.4) is 0 Å². The molecule has 84 valence electrons. The lowest BCUT2D eigenvalue weighted by molar-refractivity contribution is 0.128. The first kappa shape index (κ1) is 13.7. The van der Waals surface area contributed by atoms with Crippen molar-refractivity contribution in [3.63, 3.8) is 0 Å². The Labute approximate surface area is 89.2 Å². The van der Waals surface area contributed by atoms with E-state index < -0.39 is 0 Å². The van der Waals surface area contributed by atoms with Crippen LogP contribution in [0.2, 0.25) is 0 Å². The molecule has 1 unspecified atom stereocenters. The predicted molar refractivity (Wildman–Crippen MR) is 63.4 cm³/mol. The summed E-state index contributed by atoms with van der Waals surface area (Å²) in [7, 11) is 0. The Hall–Kier alpha value is -0.300. The van der Waals surface area contributed by atoms with Crippen LogP contribution < -0.4 is 0 Å². The molecular weight excluding hydrogens is 172 g/mol. The van der Waals surface area contributed by atoms with E-state index in [-0.39, 0.29) is 6.10 Å². The molecule has 0 bridgehead atoms. The van der Waals surface area contributed by atoms with Gasteiger partial charge in [0.2, 0.25) is 0 Å². The van der Waals surface area contributed by atoms with E-state index in [0.29, 0.717) is 5.92 Å². The maximum absolute atomic E-state index is 9.52. The van der Waals surface area contributed by atoms with Crippen molar-refractivity contribution in [1.82, 2.24) is 0 Å². The Kier molecular flexibility index (Phi) is 9.06. The number of allylic oxidation sites excluding steroid dienone is 1. The molecule has 0 aliphatic rings. The van der Waals surface area contributed by atoms with E-state index in [0.717, 1.165) is 6.42 Å². The fourth-order valence-corrected chi connectivity index (χ4v) is 1.31. The molecule has 0 fully saturated rings. The van der Waals surface area contributed by atoms with E-state index in [1.807, 2.05) is 0 Å². The molecule has 0 amide bonds. The number of aliphatic hydroxyl groups excluding tert-OH is 1. The van der Waals surface area contributed by atoms with Gasteiger partial charge in [-0.2, -0.15) is 0 Å². The quantitative estimate of drug-likeness (QED) is 0.463. The molecule has 1 N–H and O–H groups in total. The number of rotatable bonds is 8. The summed E-state index contributed by atoms with van der Waals surface area (Å²) in [6.07, 6.45) is 11.4. The lowest BCUT2D eigenvalue weighted by Gasteiger charge is -2.10. The zero-order valence-corrected chi connectivity index (χ0v) is 10.00.